The molecule has 0 bridgehead atoms. The summed E-state index contributed by atoms with van der Waals surface area (Å²) in [5, 5.41) is 23.6. The number of amides is 1. The minimum Gasteiger partial charge on any atom is -0.393 e. The Balaban J connectivity index is 4.68. The maximum Gasteiger partial charge on any atom is 0.472 e. The SMILES string of the molecule is CCCC/C=C\CCCCCC(O)CC(=O)NC(COP(=O)(O)OCCN)C(O)/C=C/CC/C=C/CCCCCC. The first-order valence-corrected chi connectivity index (χ1v) is 17.2. The first kappa shape index (κ1) is 39.7. The molecular formula is C31H59N2O7P. The molecule has 0 aromatic rings. The van der Waals surface area contributed by atoms with E-state index in [4.69, 9.17) is 14.8 Å². The van der Waals surface area contributed by atoms with Crippen molar-refractivity contribution in [3.63, 3.8) is 0 Å². The minimum absolute atomic E-state index is 0.0418. The van der Waals surface area contributed by atoms with Crippen LogP contribution in [0.3, 0.4) is 0 Å². The van der Waals surface area contributed by atoms with Crippen LogP contribution in [0.5, 0.6) is 0 Å². The average molecular weight is 603 g/mol. The molecule has 0 fully saturated rings. The number of carbonyl (C=O) groups is 1. The molecule has 0 aliphatic heterocycles. The second-order valence-electron chi connectivity index (χ2n) is 10.5. The quantitative estimate of drug-likeness (QED) is 0.0401. The second kappa shape index (κ2) is 27.5. The maximum absolute atomic E-state index is 12.6. The number of carbonyl (C=O) groups excluding carboxylic acids is 1. The molecule has 240 valence electrons. The number of allylic oxidation sites excluding steroid dienone is 5. The lowest BCUT2D eigenvalue weighted by Crippen LogP contribution is -2.46. The van der Waals surface area contributed by atoms with Gasteiger partial charge in [-0.3, -0.25) is 13.8 Å². The Morgan fingerprint density at radius 2 is 1.41 bits per heavy atom. The summed E-state index contributed by atoms with van der Waals surface area (Å²) in [6, 6.07) is -0.999. The molecule has 0 aliphatic rings. The number of hydrogen-bond donors (Lipinski definition) is 5. The Morgan fingerprint density at radius 1 is 0.829 bits per heavy atom. The van der Waals surface area contributed by atoms with Gasteiger partial charge in [0.05, 0.1) is 37.9 Å². The molecule has 4 unspecified atom stereocenters. The molecule has 0 radical (unpaired) electrons. The number of phosphoric ester groups is 1. The summed E-state index contributed by atoms with van der Waals surface area (Å²) < 4.78 is 21.8. The number of rotatable bonds is 28. The Hall–Kier alpha value is -1.32. The van der Waals surface area contributed by atoms with Crippen molar-refractivity contribution in [1.29, 1.82) is 0 Å². The van der Waals surface area contributed by atoms with Gasteiger partial charge in [-0.1, -0.05) is 95.2 Å². The largest absolute Gasteiger partial charge is 0.472 e. The number of hydrogen-bond acceptors (Lipinski definition) is 7. The van der Waals surface area contributed by atoms with Crippen LogP contribution in [0.2, 0.25) is 0 Å². The van der Waals surface area contributed by atoms with Crippen molar-refractivity contribution in [3.05, 3.63) is 36.5 Å². The zero-order valence-corrected chi connectivity index (χ0v) is 26.5. The lowest BCUT2D eigenvalue weighted by Gasteiger charge is -2.24. The summed E-state index contributed by atoms with van der Waals surface area (Å²) >= 11 is 0. The zero-order valence-electron chi connectivity index (χ0n) is 25.6. The van der Waals surface area contributed by atoms with Crippen molar-refractivity contribution in [3.8, 4) is 0 Å². The van der Waals surface area contributed by atoms with Crippen LogP contribution in [-0.4, -0.2) is 59.0 Å². The summed E-state index contributed by atoms with van der Waals surface area (Å²) in [7, 11) is -4.39. The predicted molar refractivity (Wildman–Crippen MR) is 167 cm³/mol. The van der Waals surface area contributed by atoms with Gasteiger partial charge in [0.2, 0.25) is 5.91 Å². The Labute approximate surface area is 249 Å². The summed E-state index contributed by atoms with van der Waals surface area (Å²) in [5.41, 5.74) is 5.31. The van der Waals surface area contributed by atoms with Gasteiger partial charge >= 0.3 is 7.82 Å². The third-order valence-electron chi connectivity index (χ3n) is 6.49. The van der Waals surface area contributed by atoms with Crippen molar-refractivity contribution in [2.45, 2.75) is 135 Å². The highest BCUT2D eigenvalue weighted by Crippen LogP contribution is 2.43. The number of nitrogens with two attached hydrogens (primary N) is 1. The molecule has 0 saturated carbocycles. The van der Waals surface area contributed by atoms with E-state index >= 15 is 0 Å². The molecular weight excluding hydrogens is 543 g/mol. The fourth-order valence-electron chi connectivity index (χ4n) is 4.05. The highest BCUT2D eigenvalue weighted by molar-refractivity contribution is 7.47. The van der Waals surface area contributed by atoms with E-state index in [9.17, 15) is 24.5 Å². The standard InChI is InChI=1S/C31H59N2O7P/c1-3-5-7-9-11-13-15-17-19-21-23-30(35)29(27-40-41(37,38)39-25-24-32)33-31(36)26-28(34)22-20-18-16-14-12-10-8-6-4-2/h10,12-13,15,21,23,28-30,34-35H,3-9,11,14,16-20,22,24-27,32H2,1-2H3,(H,33,36)(H,37,38)/b12-10-,15-13+,23-21+. The fraction of sp³-hybridized carbons (Fsp3) is 0.774. The molecule has 0 rings (SSSR count). The van der Waals surface area contributed by atoms with Crippen LogP contribution < -0.4 is 11.1 Å². The Bertz CT molecular complexity index is 761. The number of aliphatic hydroxyl groups excluding tert-OH is 2. The van der Waals surface area contributed by atoms with Crippen LogP contribution in [0.1, 0.15) is 117 Å². The molecule has 41 heavy (non-hydrogen) atoms. The molecule has 0 aromatic carbocycles. The van der Waals surface area contributed by atoms with Crippen molar-refractivity contribution >= 4 is 13.7 Å². The van der Waals surface area contributed by atoms with Crippen molar-refractivity contribution in [1.82, 2.24) is 5.32 Å². The van der Waals surface area contributed by atoms with Crippen LogP contribution in [0, 0.1) is 0 Å². The van der Waals surface area contributed by atoms with Crippen molar-refractivity contribution < 1.29 is 33.5 Å². The smallest absolute Gasteiger partial charge is 0.393 e. The van der Waals surface area contributed by atoms with Gasteiger partial charge in [-0.15, -0.1) is 0 Å². The van der Waals surface area contributed by atoms with Gasteiger partial charge in [-0.2, -0.15) is 0 Å². The lowest BCUT2D eigenvalue weighted by atomic mass is 10.1. The molecule has 9 nitrogen and oxygen atoms in total. The molecule has 10 heteroatoms. The van der Waals surface area contributed by atoms with E-state index in [-0.39, 0.29) is 19.6 Å². The van der Waals surface area contributed by atoms with Gasteiger partial charge in [0, 0.05) is 6.54 Å². The normalized spacial score (nSPS) is 16.0. The lowest BCUT2D eigenvalue weighted by molar-refractivity contribution is -0.124. The van der Waals surface area contributed by atoms with Gasteiger partial charge in [-0.25, -0.2) is 4.57 Å². The van der Waals surface area contributed by atoms with E-state index in [1.165, 1.54) is 38.5 Å². The first-order chi connectivity index (χ1) is 19.8. The van der Waals surface area contributed by atoms with E-state index < -0.39 is 38.6 Å². The zero-order chi connectivity index (χ0) is 30.6. The molecule has 0 aliphatic carbocycles. The number of phosphoric acid groups is 1. The van der Waals surface area contributed by atoms with E-state index in [2.05, 4.69) is 43.5 Å². The van der Waals surface area contributed by atoms with Gasteiger partial charge in [-0.05, 0) is 51.4 Å². The van der Waals surface area contributed by atoms with E-state index in [0.717, 1.165) is 44.9 Å². The molecule has 0 heterocycles. The van der Waals surface area contributed by atoms with Crippen LogP contribution in [0.15, 0.2) is 36.5 Å². The molecule has 1 amide bonds. The molecule has 0 saturated heterocycles. The summed E-state index contributed by atoms with van der Waals surface area (Å²) in [5.74, 6) is -0.473. The average Bonchev–Trinajstić information content (AvgIpc) is 2.94. The highest BCUT2D eigenvalue weighted by Gasteiger charge is 2.27. The molecule has 6 N–H and O–H groups in total. The first-order valence-electron chi connectivity index (χ1n) is 15.7. The maximum atomic E-state index is 12.6. The van der Waals surface area contributed by atoms with Gasteiger partial charge in [0.1, 0.15) is 0 Å². The Kier molecular flexibility index (Phi) is 26.6. The third kappa shape index (κ3) is 26.1. The molecule has 4 atom stereocenters. The van der Waals surface area contributed by atoms with E-state index in [1.54, 1.807) is 6.08 Å². The Morgan fingerprint density at radius 3 is 2.05 bits per heavy atom. The predicted octanol–water partition coefficient (Wildman–Crippen LogP) is 6.24. The third-order valence-corrected chi connectivity index (χ3v) is 7.48. The number of nitrogens with one attached hydrogen (secondary N) is 1. The second-order valence-corrected chi connectivity index (χ2v) is 11.9. The fourth-order valence-corrected chi connectivity index (χ4v) is 4.81. The summed E-state index contributed by atoms with van der Waals surface area (Å²) in [4.78, 5) is 22.4. The van der Waals surface area contributed by atoms with Gasteiger partial charge in [0.15, 0.2) is 0 Å². The van der Waals surface area contributed by atoms with E-state index in [0.29, 0.717) is 12.8 Å². The van der Waals surface area contributed by atoms with Crippen molar-refractivity contribution in [2.24, 2.45) is 5.73 Å². The topological polar surface area (TPSA) is 151 Å². The van der Waals surface area contributed by atoms with Crippen LogP contribution in [0.4, 0.5) is 0 Å². The number of aliphatic hydroxyl groups is 2. The molecule has 0 aromatic heterocycles. The highest BCUT2D eigenvalue weighted by atomic mass is 31.2. The minimum atomic E-state index is -4.39. The van der Waals surface area contributed by atoms with Crippen molar-refractivity contribution in [2.75, 3.05) is 19.8 Å². The van der Waals surface area contributed by atoms with Gasteiger partial charge in [0.25, 0.3) is 0 Å². The van der Waals surface area contributed by atoms with Gasteiger partial charge < -0.3 is 26.2 Å². The molecule has 0 spiro atoms. The van der Waals surface area contributed by atoms with Crippen LogP contribution in [0.25, 0.3) is 0 Å². The number of unbranched alkanes of at least 4 members (excludes halogenated alkanes) is 10. The van der Waals surface area contributed by atoms with Crippen LogP contribution in [-0.2, 0) is 18.4 Å². The monoisotopic (exact) mass is 602 g/mol. The summed E-state index contributed by atoms with van der Waals surface area (Å²) in [6.07, 6.45) is 25.4. The van der Waals surface area contributed by atoms with E-state index in [1.807, 2.05) is 6.08 Å². The summed E-state index contributed by atoms with van der Waals surface area (Å²) in [6.45, 7) is 3.80. The van der Waals surface area contributed by atoms with Crippen LogP contribution >= 0.6 is 7.82 Å².